The van der Waals surface area contributed by atoms with Gasteiger partial charge in [-0.3, -0.25) is 4.79 Å². The van der Waals surface area contributed by atoms with Crippen LogP contribution in [0.1, 0.15) is 19.3 Å². The molecule has 0 unspecified atom stereocenters. The zero-order valence-corrected chi connectivity index (χ0v) is 11.3. The molecule has 2 aromatic heterocycles. The van der Waals surface area contributed by atoms with Crippen molar-refractivity contribution in [1.82, 2.24) is 4.98 Å². The highest BCUT2D eigenvalue weighted by Gasteiger charge is 2.13. The number of aromatic carboxylic acids is 1. The van der Waals surface area contributed by atoms with E-state index in [1.54, 1.807) is 18.3 Å². The van der Waals surface area contributed by atoms with Gasteiger partial charge in [0.1, 0.15) is 10.7 Å². The number of thiophene rings is 1. The molecule has 2 rings (SSSR count). The number of anilines is 1. The smallest absolute Gasteiger partial charge is 0.345 e. The van der Waals surface area contributed by atoms with E-state index in [2.05, 4.69) is 26.2 Å². The minimum absolute atomic E-state index is 0.129. The molecule has 0 saturated heterocycles. The Bertz CT molecular complexity index is 595. The summed E-state index contributed by atoms with van der Waals surface area (Å²) in [5, 5.41) is 11.3. The summed E-state index contributed by atoms with van der Waals surface area (Å²) in [5.41, 5.74) is 0. The average Bonchev–Trinajstić information content (AvgIpc) is 2.81. The molecule has 0 aromatic carbocycles. The Morgan fingerprint density at radius 1 is 1.22 bits per heavy atom. The predicted molar refractivity (Wildman–Crippen MR) is 71.2 cm³/mol. The van der Waals surface area contributed by atoms with Crippen LogP contribution in [0.3, 0.4) is 0 Å². The van der Waals surface area contributed by atoms with Crippen LogP contribution in [0, 0.1) is 0 Å². The Morgan fingerprint density at radius 3 is 2.50 bits per heavy atom. The van der Waals surface area contributed by atoms with Crippen LogP contribution in [0.15, 0.2) is 34.9 Å². The lowest BCUT2D eigenvalue weighted by atomic mass is 10.4. The lowest BCUT2D eigenvalue weighted by Crippen LogP contribution is -2.11. The number of carboxylic acids is 1. The fourth-order valence-electron chi connectivity index (χ4n) is 1.20. The molecule has 5 nitrogen and oxygen atoms in total. The monoisotopic (exact) mass is 326 g/mol. The molecule has 0 saturated carbocycles. The van der Waals surface area contributed by atoms with Gasteiger partial charge in [0.2, 0.25) is 0 Å². The molecule has 0 radical (unpaired) electrons. The van der Waals surface area contributed by atoms with Crippen molar-refractivity contribution in [2.24, 2.45) is 0 Å². The maximum atomic E-state index is 11.8. The fourth-order valence-corrected chi connectivity index (χ4v) is 2.18. The summed E-state index contributed by atoms with van der Waals surface area (Å²) in [4.78, 5) is 26.9. The second-order valence-electron chi connectivity index (χ2n) is 3.28. The van der Waals surface area contributed by atoms with E-state index in [9.17, 15) is 9.59 Å². The van der Waals surface area contributed by atoms with Gasteiger partial charge in [0.15, 0.2) is 0 Å². The number of carbonyl (C=O) groups excluding carboxylic acids is 1. The number of hydrogen-bond donors (Lipinski definition) is 2. The Morgan fingerprint density at radius 2 is 1.94 bits per heavy atom. The summed E-state index contributed by atoms with van der Waals surface area (Å²) in [6.45, 7) is 0. The molecule has 0 bridgehead atoms. The third-order valence-electron chi connectivity index (χ3n) is 2.01. The molecular weight excluding hydrogens is 320 g/mol. The number of rotatable bonds is 3. The van der Waals surface area contributed by atoms with E-state index >= 15 is 0 Å². The molecule has 0 atom stereocenters. The Kier molecular flexibility index (Phi) is 3.73. The molecule has 0 aliphatic rings. The molecule has 2 aromatic rings. The molecule has 18 heavy (non-hydrogen) atoms. The largest absolute Gasteiger partial charge is 0.477 e. The van der Waals surface area contributed by atoms with E-state index in [1.807, 2.05) is 0 Å². The highest BCUT2D eigenvalue weighted by molar-refractivity contribution is 9.10. The summed E-state index contributed by atoms with van der Waals surface area (Å²) >= 11 is 4.16. The molecular formula is C11H7BrN2O3S. The first-order chi connectivity index (χ1) is 8.56. The van der Waals surface area contributed by atoms with Crippen LogP contribution in [-0.4, -0.2) is 22.0 Å². The molecule has 2 heterocycles. The molecule has 0 aliphatic carbocycles. The highest BCUT2D eigenvalue weighted by Crippen LogP contribution is 2.18. The van der Waals surface area contributed by atoms with Gasteiger partial charge in [-0.25, -0.2) is 9.78 Å². The standard InChI is InChI=1S/C11H7BrN2O3S/c12-6-1-4-9(13-5-6)14-10(15)7-2-3-8(18-7)11(16)17/h1-5H,(H,16,17)(H,13,14,15). The van der Waals surface area contributed by atoms with E-state index in [0.717, 1.165) is 15.8 Å². The zero-order valence-electron chi connectivity index (χ0n) is 8.88. The molecule has 2 N–H and O–H groups in total. The van der Waals surface area contributed by atoms with Gasteiger partial charge in [-0.05, 0) is 40.2 Å². The number of amides is 1. The van der Waals surface area contributed by atoms with Crippen molar-refractivity contribution in [1.29, 1.82) is 0 Å². The third kappa shape index (κ3) is 2.93. The number of hydrogen-bond acceptors (Lipinski definition) is 4. The van der Waals surface area contributed by atoms with Crippen molar-refractivity contribution in [3.05, 3.63) is 44.7 Å². The van der Waals surface area contributed by atoms with Gasteiger partial charge >= 0.3 is 5.97 Å². The van der Waals surface area contributed by atoms with E-state index in [0.29, 0.717) is 10.7 Å². The zero-order chi connectivity index (χ0) is 13.1. The first-order valence-corrected chi connectivity index (χ1v) is 6.43. The second-order valence-corrected chi connectivity index (χ2v) is 5.28. The second kappa shape index (κ2) is 5.28. The molecule has 92 valence electrons. The molecule has 0 aliphatic heterocycles. The summed E-state index contributed by atoms with van der Waals surface area (Å²) in [6, 6.07) is 6.27. The van der Waals surface area contributed by atoms with E-state index in [4.69, 9.17) is 5.11 Å². The number of carbonyl (C=O) groups is 2. The Labute approximate surface area is 115 Å². The molecule has 0 fully saturated rings. The third-order valence-corrected chi connectivity index (χ3v) is 3.55. The summed E-state index contributed by atoms with van der Waals surface area (Å²) < 4.78 is 0.810. The van der Waals surface area contributed by atoms with Crippen LogP contribution < -0.4 is 5.32 Å². The lowest BCUT2D eigenvalue weighted by molar-refractivity contribution is 0.0702. The van der Waals surface area contributed by atoms with Gasteiger partial charge in [-0.2, -0.15) is 0 Å². The number of aromatic nitrogens is 1. The van der Waals surface area contributed by atoms with Crippen LogP contribution in [-0.2, 0) is 0 Å². The number of carboxylic acid groups (broad SMARTS) is 1. The number of nitrogens with zero attached hydrogens (tertiary/aromatic N) is 1. The van der Waals surface area contributed by atoms with Crippen LogP contribution in [0.5, 0.6) is 0 Å². The summed E-state index contributed by atoms with van der Waals surface area (Å²) in [6.07, 6.45) is 1.56. The Balaban J connectivity index is 2.11. The van der Waals surface area contributed by atoms with E-state index < -0.39 is 5.97 Å². The van der Waals surface area contributed by atoms with Crippen LogP contribution in [0.2, 0.25) is 0 Å². The van der Waals surface area contributed by atoms with Crippen molar-refractivity contribution in [2.75, 3.05) is 5.32 Å². The maximum absolute atomic E-state index is 11.8. The fraction of sp³-hybridized carbons (Fsp3) is 0. The van der Waals surface area contributed by atoms with Crippen molar-refractivity contribution >= 4 is 45.0 Å². The molecule has 0 spiro atoms. The van der Waals surface area contributed by atoms with E-state index in [-0.39, 0.29) is 10.8 Å². The maximum Gasteiger partial charge on any atom is 0.345 e. The van der Waals surface area contributed by atoms with Gasteiger partial charge in [0, 0.05) is 10.7 Å². The van der Waals surface area contributed by atoms with Crippen molar-refractivity contribution in [3.8, 4) is 0 Å². The highest BCUT2D eigenvalue weighted by atomic mass is 79.9. The summed E-state index contributed by atoms with van der Waals surface area (Å²) in [7, 11) is 0. The van der Waals surface area contributed by atoms with Crippen LogP contribution in [0.4, 0.5) is 5.82 Å². The van der Waals surface area contributed by atoms with Gasteiger partial charge in [-0.1, -0.05) is 0 Å². The lowest BCUT2D eigenvalue weighted by Gasteiger charge is -2.01. The van der Waals surface area contributed by atoms with Crippen LogP contribution >= 0.6 is 27.3 Å². The number of pyridine rings is 1. The van der Waals surface area contributed by atoms with Gasteiger partial charge in [0.25, 0.3) is 5.91 Å². The summed E-state index contributed by atoms with van der Waals surface area (Å²) in [5.74, 6) is -1.00. The van der Waals surface area contributed by atoms with Gasteiger partial charge < -0.3 is 10.4 Å². The number of nitrogens with one attached hydrogen (secondary N) is 1. The van der Waals surface area contributed by atoms with Gasteiger partial charge in [0.05, 0.1) is 4.88 Å². The SMILES string of the molecule is O=C(O)c1ccc(C(=O)Nc2ccc(Br)cn2)s1. The minimum Gasteiger partial charge on any atom is -0.477 e. The quantitative estimate of drug-likeness (QED) is 0.908. The molecule has 1 amide bonds. The van der Waals surface area contributed by atoms with E-state index in [1.165, 1.54) is 12.1 Å². The first kappa shape index (κ1) is 12.7. The first-order valence-electron chi connectivity index (χ1n) is 4.82. The van der Waals surface area contributed by atoms with Crippen LogP contribution in [0.25, 0.3) is 0 Å². The normalized spacial score (nSPS) is 10.1. The molecule has 7 heteroatoms. The predicted octanol–water partition coefficient (Wildman–Crippen LogP) is 2.86. The average molecular weight is 327 g/mol. The van der Waals surface area contributed by atoms with Gasteiger partial charge in [-0.15, -0.1) is 11.3 Å². The Hall–Kier alpha value is -1.73. The topological polar surface area (TPSA) is 79.3 Å². The number of halogens is 1. The van der Waals surface area contributed by atoms with Crippen molar-refractivity contribution in [3.63, 3.8) is 0 Å². The minimum atomic E-state index is -1.04. The van der Waals surface area contributed by atoms with Crippen molar-refractivity contribution in [2.45, 2.75) is 0 Å². The van der Waals surface area contributed by atoms with Crippen molar-refractivity contribution < 1.29 is 14.7 Å².